The van der Waals surface area contributed by atoms with Gasteiger partial charge in [-0.05, 0) is 73.5 Å². The van der Waals surface area contributed by atoms with E-state index in [2.05, 4.69) is 39.9 Å². The number of carbonyl (C=O) groups excluding carboxylic acids is 4. The maximum absolute atomic E-state index is 14.3. The highest BCUT2D eigenvalue weighted by Gasteiger charge is 2.62. The molecule has 2 N–H and O–H groups in total. The van der Waals surface area contributed by atoms with Crippen molar-refractivity contribution >= 4 is 41.2 Å². The van der Waals surface area contributed by atoms with Gasteiger partial charge < -0.3 is 33.9 Å². The Morgan fingerprint density at radius 2 is 1.82 bits per heavy atom. The standard InChI is InChI=1S/C43H64ClN3O9/c1-25-15-14-16-33(54-13)43(52)24-32(55-39(51)45-43)26(2)29-23-42(29,9)34(22-36(49)47(11)30-20-28(19-25)21-31(53-12)37(30)44)56-38(50)27(3)46(10)35(48)17-18-41(7,8)40(4,5)6/h14-16,20-21,26-27,29,32-34,52H,17-19,22-24H2,1-13H3,(H,45,51)/b16-14+,25-15+/t26-,27-,29-,32-,33+,34-,42-,43-/m0/s1. The zero-order valence-electron chi connectivity index (χ0n) is 35.6. The van der Waals surface area contributed by atoms with Crippen molar-refractivity contribution in [1.29, 1.82) is 0 Å². The van der Waals surface area contributed by atoms with Gasteiger partial charge in [-0.3, -0.25) is 14.9 Å². The molecule has 8 atom stereocenters. The van der Waals surface area contributed by atoms with Gasteiger partial charge in [0.1, 0.15) is 35.1 Å². The van der Waals surface area contributed by atoms with Gasteiger partial charge in [-0.2, -0.15) is 0 Å². The minimum atomic E-state index is -1.77. The van der Waals surface area contributed by atoms with Gasteiger partial charge in [0, 0.05) is 39.5 Å². The monoisotopic (exact) mass is 801 g/mol. The molecule has 0 radical (unpaired) electrons. The molecular weight excluding hydrogens is 738 g/mol. The number of halogens is 1. The van der Waals surface area contributed by atoms with Crippen LogP contribution in [-0.4, -0.2) is 92.3 Å². The first-order valence-electron chi connectivity index (χ1n) is 19.6. The minimum Gasteiger partial charge on any atom is -0.495 e. The number of nitrogens with zero attached hydrogens (tertiary/aromatic N) is 2. The van der Waals surface area contributed by atoms with Crippen LogP contribution in [0.3, 0.4) is 0 Å². The Hall–Kier alpha value is -3.61. The van der Waals surface area contributed by atoms with Crippen molar-refractivity contribution in [2.75, 3.05) is 33.2 Å². The number of methoxy groups -OCH3 is 2. The molecule has 1 saturated carbocycles. The lowest BCUT2D eigenvalue weighted by Gasteiger charge is -2.42. The van der Waals surface area contributed by atoms with Crippen molar-refractivity contribution in [2.24, 2.45) is 28.1 Å². The smallest absolute Gasteiger partial charge is 0.409 e. The highest BCUT2D eigenvalue weighted by atomic mass is 35.5. The Morgan fingerprint density at radius 1 is 1.16 bits per heavy atom. The number of anilines is 1. The molecule has 3 amide bonds. The maximum atomic E-state index is 14.3. The number of benzene rings is 1. The van der Waals surface area contributed by atoms with Crippen LogP contribution in [-0.2, 0) is 35.0 Å². The number of hydrogen-bond donors (Lipinski definition) is 2. The fraction of sp³-hybridized carbons (Fsp3) is 0.674. The highest BCUT2D eigenvalue weighted by molar-refractivity contribution is 6.35. The van der Waals surface area contributed by atoms with E-state index in [0.29, 0.717) is 30.7 Å². The van der Waals surface area contributed by atoms with Crippen LogP contribution in [0.4, 0.5) is 10.5 Å². The van der Waals surface area contributed by atoms with Gasteiger partial charge in [-0.15, -0.1) is 0 Å². The van der Waals surface area contributed by atoms with E-state index in [4.69, 9.17) is 30.5 Å². The zero-order chi connectivity index (χ0) is 42.1. The van der Waals surface area contributed by atoms with Gasteiger partial charge in [-0.1, -0.05) is 83.9 Å². The Bertz CT molecular complexity index is 1720. The quantitative estimate of drug-likeness (QED) is 0.260. The first-order valence-corrected chi connectivity index (χ1v) is 19.9. The molecule has 4 bridgehead atoms. The number of fused-ring (bicyclic) bond motifs is 5. The summed E-state index contributed by atoms with van der Waals surface area (Å²) in [6.45, 7) is 18.2. The number of esters is 1. The topological polar surface area (TPSA) is 144 Å². The van der Waals surface area contributed by atoms with E-state index in [1.165, 1.54) is 24.0 Å². The average Bonchev–Trinajstić information content (AvgIpc) is 3.82. The van der Waals surface area contributed by atoms with Crippen LogP contribution in [0.25, 0.3) is 0 Å². The largest absolute Gasteiger partial charge is 0.495 e. The number of ether oxygens (including phenoxy) is 4. The number of aliphatic hydroxyl groups is 1. The van der Waals surface area contributed by atoms with E-state index in [-0.39, 0.29) is 58.8 Å². The summed E-state index contributed by atoms with van der Waals surface area (Å²) in [6, 6.07) is 2.73. The third-order valence-corrected chi connectivity index (χ3v) is 13.6. The van der Waals surface area contributed by atoms with Gasteiger partial charge in [0.25, 0.3) is 0 Å². The summed E-state index contributed by atoms with van der Waals surface area (Å²) in [5, 5.41) is 14.6. The Kier molecular flexibility index (Phi) is 13.8. The molecule has 312 valence electrons. The lowest BCUT2D eigenvalue weighted by Crippen LogP contribution is -2.63. The molecule has 13 heteroatoms. The van der Waals surface area contributed by atoms with Gasteiger partial charge >= 0.3 is 12.1 Å². The average molecular weight is 802 g/mol. The summed E-state index contributed by atoms with van der Waals surface area (Å²) in [5.74, 6) is -1.22. The molecule has 12 nitrogen and oxygen atoms in total. The van der Waals surface area contributed by atoms with E-state index in [0.717, 1.165) is 11.1 Å². The molecule has 0 aromatic heterocycles. The summed E-state index contributed by atoms with van der Waals surface area (Å²) in [4.78, 5) is 57.5. The summed E-state index contributed by atoms with van der Waals surface area (Å²) < 4.78 is 23.3. The van der Waals surface area contributed by atoms with Crippen LogP contribution < -0.4 is 15.0 Å². The first-order chi connectivity index (χ1) is 25.9. The number of hydrogen-bond acceptors (Lipinski definition) is 9. The number of alkyl carbamates (subject to hydrolysis) is 1. The summed E-state index contributed by atoms with van der Waals surface area (Å²) in [6.07, 6.45) is 3.84. The Balaban J connectivity index is 1.71. The van der Waals surface area contributed by atoms with Crippen LogP contribution in [0.15, 0.2) is 35.9 Å². The summed E-state index contributed by atoms with van der Waals surface area (Å²) in [5.41, 5.74) is -0.403. The molecule has 2 heterocycles. The summed E-state index contributed by atoms with van der Waals surface area (Å²) >= 11 is 6.81. The van der Waals surface area contributed by atoms with Gasteiger partial charge in [-0.25, -0.2) is 9.59 Å². The molecule has 1 aromatic rings. The van der Waals surface area contributed by atoms with Crippen LogP contribution in [0, 0.1) is 28.1 Å². The number of likely N-dealkylation sites (N-methyl/N-ethyl adjacent to an activating group) is 1. The zero-order valence-corrected chi connectivity index (χ0v) is 36.3. The predicted molar refractivity (Wildman–Crippen MR) is 216 cm³/mol. The highest BCUT2D eigenvalue weighted by Crippen LogP contribution is 2.61. The van der Waals surface area contributed by atoms with E-state index < -0.39 is 47.6 Å². The lowest BCUT2D eigenvalue weighted by molar-refractivity contribution is -0.163. The normalized spacial score (nSPS) is 30.8. The third-order valence-electron chi connectivity index (χ3n) is 13.2. The third kappa shape index (κ3) is 9.73. The van der Waals surface area contributed by atoms with E-state index >= 15 is 0 Å². The fourth-order valence-electron chi connectivity index (χ4n) is 7.74. The molecule has 2 aliphatic heterocycles. The van der Waals surface area contributed by atoms with Gasteiger partial charge in [0.2, 0.25) is 11.8 Å². The predicted octanol–water partition coefficient (Wildman–Crippen LogP) is 7.24. The van der Waals surface area contributed by atoms with E-state index in [1.54, 1.807) is 33.2 Å². The van der Waals surface area contributed by atoms with Gasteiger partial charge in [0.15, 0.2) is 5.72 Å². The molecule has 3 aliphatic rings. The van der Waals surface area contributed by atoms with Crippen LogP contribution >= 0.6 is 11.6 Å². The number of nitrogens with one attached hydrogen (secondary N) is 1. The van der Waals surface area contributed by atoms with Crippen molar-refractivity contribution < 1.29 is 43.2 Å². The number of allylic oxidation sites excluding steroid dienone is 3. The van der Waals surface area contributed by atoms with E-state index in [1.807, 2.05) is 39.0 Å². The fourth-order valence-corrected chi connectivity index (χ4v) is 8.06. The molecule has 56 heavy (non-hydrogen) atoms. The van der Waals surface area contributed by atoms with Crippen molar-refractivity contribution in [3.8, 4) is 5.75 Å². The second kappa shape index (κ2) is 17.1. The van der Waals surface area contributed by atoms with Crippen molar-refractivity contribution in [2.45, 2.75) is 131 Å². The lowest BCUT2D eigenvalue weighted by atomic mass is 9.67. The SMILES string of the molecule is COc1cc2cc(c1Cl)N(C)C(=O)C[C@H](OC(=O)[C@H](C)N(C)C(=O)CCC(C)(C)C(C)(C)C)[C@@]1(C)C[C@H]1[C@H](C)[C@@H]1C[C@@](O)(NC(=O)O1)[C@H](OC)/C=C/C=C(\C)C2. The number of carbonyl (C=O) groups is 4. The molecule has 1 aliphatic carbocycles. The molecule has 0 unspecified atom stereocenters. The Morgan fingerprint density at radius 3 is 2.43 bits per heavy atom. The number of amides is 3. The second-order valence-electron chi connectivity index (χ2n) is 18.1. The molecule has 2 fully saturated rings. The molecule has 4 rings (SSSR count). The number of rotatable bonds is 8. The first kappa shape index (κ1) is 45.1. The van der Waals surface area contributed by atoms with Crippen molar-refractivity contribution in [3.63, 3.8) is 0 Å². The van der Waals surface area contributed by atoms with Crippen LogP contribution in [0.5, 0.6) is 5.75 Å². The molecular formula is C43H64ClN3O9. The van der Waals surface area contributed by atoms with Crippen LogP contribution in [0.2, 0.25) is 5.02 Å². The molecule has 0 spiro atoms. The minimum absolute atomic E-state index is 0.0220. The van der Waals surface area contributed by atoms with Gasteiger partial charge in [0.05, 0.1) is 19.2 Å². The van der Waals surface area contributed by atoms with Crippen molar-refractivity contribution in [3.05, 3.63) is 46.5 Å². The molecule has 1 saturated heterocycles. The second-order valence-corrected chi connectivity index (χ2v) is 18.5. The van der Waals surface area contributed by atoms with Crippen molar-refractivity contribution in [1.82, 2.24) is 10.2 Å². The Labute approximate surface area is 338 Å². The summed E-state index contributed by atoms with van der Waals surface area (Å²) in [7, 11) is 6.20. The van der Waals surface area contributed by atoms with Crippen LogP contribution in [0.1, 0.15) is 100.0 Å². The molecule has 1 aromatic carbocycles. The van der Waals surface area contributed by atoms with E-state index in [9.17, 15) is 24.3 Å². The maximum Gasteiger partial charge on any atom is 0.409 e.